The van der Waals surface area contributed by atoms with Gasteiger partial charge in [0.25, 0.3) is 0 Å². The van der Waals surface area contributed by atoms with Crippen molar-refractivity contribution in [1.82, 2.24) is 4.90 Å². The van der Waals surface area contributed by atoms with Gasteiger partial charge >= 0.3 is 0 Å². The molecule has 31 heavy (non-hydrogen) atoms. The van der Waals surface area contributed by atoms with Crippen LogP contribution in [0, 0.1) is 0 Å². The van der Waals surface area contributed by atoms with Crippen molar-refractivity contribution in [2.45, 2.75) is 13.1 Å². The molecule has 1 heterocycles. The Morgan fingerprint density at radius 2 is 1.61 bits per heavy atom. The number of furan rings is 1. The van der Waals surface area contributed by atoms with Crippen LogP contribution in [0.4, 0.5) is 5.69 Å². The van der Waals surface area contributed by atoms with Gasteiger partial charge in [0.1, 0.15) is 17.3 Å². The van der Waals surface area contributed by atoms with Crippen LogP contribution in [0.25, 0.3) is 0 Å². The van der Waals surface area contributed by atoms with E-state index in [0.29, 0.717) is 35.5 Å². The zero-order chi connectivity index (χ0) is 22.2. The third kappa shape index (κ3) is 5.61. The van der Waals surface area contributed by atoms with Gasteiger partial charge in [-0.05, 0) is 42.5 Å². The number of anilines is 1. The Morgan fingerprint density at radius 3 is 2.26 bits per heavy atom. The minimum atomic E-state index is 0.458. The standard InChI is InChI=1S/C23H26N2O5S/c1-26-18-8-5-7-17(12-18)24-23(31)25(15-19-9-6-10-30-19)14-16-11-21(28-3)22(29-4)13-20(16)27-2/h5-13H,14-15H2,1-4H3,(H,24,31). The monoisotopic (exact) mass is 442 g/mol. The SMILES string of the molecule is COc1cccc(NC(=S)N(Cc2ccco2)Cc2cc(OC)c(OC)cc2OC)c1. The maximum Gasteiger partial charge on any atom is 0.174 e. The van der Waals surface area contributed by atoms with Gasteiger partial charge in [0.05, 0.1) is 41.2 Å². The summed E-state index contributed by atoms with van der Waals surface area (Å²) in [4.78, 5) is 1.98. The Bertz CT molecular complexity index is 1010. The van der Waals surface area contributed by atoms with Gasteiger partial charge in [-0.15, -0.1) is 0 Å². The topological polar surface area (TPSA) is 65.3 Å². The first-order valence-electron chi connectivity index (χ1n) is 9.59. The van der Waals surface area contributed by atoms with Crippen LogP contribution in [0.1, 0.15) is 11.3 Å². The van der Waals surface area contributed by atoms with E-state index < -0.39 is 0 Å². The summed E-state index contributed by atoms with van der Waals surface area (Å²) in [6.07, 6.45) is 1.64. The second kappa shape index (κ2) is 10.6. The largest absolute Gasteiger partial charge is 0.497 e. The average Bonchev–Trinajstić information content (AvgIpc) is 3.31. The van der Waals surface area contributed by atoms with E-state index in [1.165, 1.54) is 0 Å². The summed E-state index contributed by atoms with van der Waals surface area (Å²) >= 11 is 5.73. The second-order valence-electron chi connectivity index (χ2n) is 6.62. The number of hydrogen-bond donors (Lipinski definition) is 1. The lowest BCUT2D eigenvalue weighted by atomic mass is 10.1. The molecule has 3 aromatic rings. The molecule has 0 aliphatic carbocycles. The summed E-state index contributed by atoms with van der Waals surface area (Å²) in [6, 6.07) is 15.0. The predicted octanol–water partition coefficient (Wildman–Crippen LogP) is 4.71. The van der Waals surface area contributed by atoms with Gasteiger partial charge in [-0.1, -0.05) is 6.07 Å². The number of rotatable bonds is 9. The molecule has 164 valence electrons. The first kappa shape index (κ1) is 22.3. The molecule has 0 aliphatic heterocycles. The van der Waals surface area contributed by atoms with Gasteiger partial charge in [-0.2, -0.15) is 0 Å². The number of thiocarbonyl (C=S) groups is 1. The third-order valence-electron chi connectivity index (χ3n) is 4.68. The van der Waals surface area contributed by atoms with E-state index in [-0.39, 0.29) is 0 Å². The molecular formula is C23H26N2O5S. The van der Waals surface area contributed by atoms with E-state index in [1.54, 1.807) is 40.8 Å². The highest BCUT2D eigenvalue weighted by Gasteiger charge is 2.18. The van der Waals surface area contributed by atoms with E-state index in [9.17, 15) is 0 Å². The predicted molar refractivity (Wildman–Crippen MR) is 123 cm³/mol. The third-order valence-corrected chi connectivity index (χ3v) is 5.04. The van der Waals surface area contributed by atoms with Crippen molar-refractivity contribution >= 4 is 23.0 Å². The number of nitrogens with one attached hydrogen (secondary N) is 1. The van der Waals surface area contributed by atoms with Crippen molar-refractivity contribution in [3.8, 4) is 23.0 Å². The zero-order valence-corrected chi connectivity index (χ0v) is 18.8. The van der Waals surface area contributed by atoms with Crippen molar-refractivity contribution in [2.24, 2.45) is 0 Å². The van der Waals surface area contributed by atoms with Crippen LogP contribution in [-0.2, 0) is 13.1 Å². The number of nitrogens with zero attached hydrogens (tertiary/aromatic N) is 1. The van der Waals surface area contributed by atoms with Gasteiger partial charge in [0.2, 0.25) is 0 Å². The smallest absolute Gasteiger partial charge is 0.174 e. The van der Waals surface area contributed by atoms with E-state index in [0.717, 1.165) is 22.8 Å². The lowest BCUT2D eigenvalue weighted by Crippen LogP contribution is -2.33. The summed E-state index contributed by atoms with van der Waals surface area (Å²) in [5, 5.41) is 3.81. The van der Waals surface area contributed by atoms with E-state index >= 15 is 0 Å². The maximum absolute atomic E-state index is 5.73. The lowest BCUT2D eigenvalue weighted by molar-refractivity contribution is 0.334. The minimum absolute atomic E-state index is 0.458. The van der Waals surface area contributed by atoms with Gasteiger partial charge in [0, 0.05) is 29.9 Å². The van der Waals surface area contributed by atoms with Crippen LogP contribution in [0.5, 0.6) is 23.0 Å². The van der Waals surface area contributed by atoms with Gasteiger partial charge in [-0.3, -0.25) is 0 Å². The summed E-state index contributed by atoms with van der Waals surface area (Å²) < 4.78 is 27.3. The molecule has 3 rings (SSSR count). The Kier molecular flexibility index (Phi) is 7.61. The molecule has 1 aromatic heterocycles. The quantitative estimate of drug-likeness (QED) is 0.478. The molecule has 2 aromatic carbocycles. The number of hydrogen-bond acceptors (Lipinski definition) is 6. The molecule has 0 spiro atoms. The van der Waals surface area contributed by atoms with Crippen molar-refractivity contribution < 1.29 is 23.4 Å². The fourth-order valence-corrected chi connectivity index (χ4v) is 3.36. The summed E-state index contributed by atoms with van der Waals surface area (Å²) in [7, 11) is 6.44. The molecular weight excluding hydrogens is 416 g/mol. The highest BCUT2D eigenvalue weighted by atomic mass is 32.1. The molecule has 0 fully saturated rings. The van der Waals surface area contributed by atoms with E-state index in [2.05, 4.69) is 5.32 Å². The first-order valence-corrected chi connectivity index (χ1v) is 10.00. The first-order chi connectivity index (χ1) is 15.1. The fourth-order valence-electron chi connectivity index (χ4n) is 3.12. The average molecular weight is 443 g/mol. The van der Waals surface area contributed by atoms with Crippen LogP contribution < -0.4 is 24.3 Å². The highest BCUT2D eigenvalue weighted by Crippen LogP contribution is 2.35. The van der Waals surface area contributed by atoms with Crippen LogP contribution in [0.2, 0.25) is 0 Å². The number of methoxy groups -OCH3 is 4. The normalized spacial score (nSPS) is 10.3. The zero-order valence-electron chi connectivity index (χ0n) is 18.0. The van der Waals surface area contributed by atoms with Crippen molar-refractivity contribution in [1.29, 1.82) is 0 Å². The van der Waals surface area contributed by atoms with E-state index in [1.807, 2.05) is 47.4 Å². The summed E-state index contributed by atoms with van der Waals surface area (Å²) in [5.74, 6) is 3.41. The molecule has 7 nitrogen and oxygen atoms in total. The second-order valence-corrected chi connectivity index (χ2v) is 7.00. The fraction of sp³-hybridized carbons (Fsp3) is 0.261. The molecule has 0 unspecified atom stereocenters. The Hall–Kier alpha value is -3.39. The molecule has 0 radical (unpaired) electrons. The van der Waals surface area contributed by atoms with E-state index in [4.69, 9.17) is 35.6 Å². The maximum atomic E-state index is 5.73. The van der Waals surface area contributed by atoms with Gasteiger partial charge < -0.3 is 33.6 Å². The molecule has 0 amide bonds. The summed E-state index contributed by atoms with van der Waals surface area (Å²) in [5.41, 5.74) is 1.72. The lowest BCUT2D eigenvalue weighted by Gasteiger charge is -2.26. The van der Waals surface area contributed by atoms with Crippen molar-refractivity contribution in [3.63, 3.8) is 0 Å². The van der Waals surface area contributed by atoms with Crippen LogP contribution in [0.3, 0.4) is 0 Å². The molecule has 8 heteroatoms. The number of ether oxygens (including phenoxy) is 4. The summed E-state index contributed by atoms with van der Waals surface area (Å²) in [6.45, 7) is 0.931. The molecule has 0 atom stereocenters. The van der Waals surface area contributed by atoms with Gasteiger partial charge in [-0.25, -0.2) is 0 Å². The van der Waals surface area contributed by atoms with Crippen LogP contribution in [0.15, 0.2) is 59.2 Å². The van der Waals surface area contributed by atoms with Crippen molar-refractivity contribution in [2.75, 3.05) is 33.8 Å². The molecule has 0 bridgehead atoms. The van der Waals surface area contributed by atoms with Crippen molar-refractivity contribution in [3.05, 3.63) is 66.1 Å². The molecule has 0 saturated carbocycles. The van der Waals surface area contributed by atoms with Gasteiger partial charge in [0.15, 0.2) is 16.6 Å². The number of benzene rings is 2. The van der Waals surface area contributed by atoms with Crippen LogP contribution in [-0.4, -0.2) is 38.5 Å². The Balaban J connectivity index is 1.89. The molecule has 0 saturated heterocycles. The molecule has 1 N–H and O–H groups in total. The highest BCUT2D eigenvalue weighted by molar-refractivity contribution is 7.80. The Labute approximate surface area is 187 Å². The minimum Gasteiger partial charge on any atom is -0.497 e. The molecule has 0 aliphatic rings. The Morgan fingerprint density at radius 1 is 0.871 bits per heavy atom. The van der Waals surface area contributed by atoms with Crippen LogP contribution >= 0.6 is 12.2 Å².